The maximum atomic E-state index is 13.1. The summed E-state index contributed by atoms with van der Waals surface area (Å²) in [6, 6.07) is 18.4. The van der Waals surface area contributed by atoms with E-state index in [1.54, 1.807) is 0 Å². The standard InChI is InChI=1S/C23H32N4O/c1-25-14-16-26(17-15-25)19-21-8-5-9-22(18-21)23(28)27(13-11-24)12-10-20-6-3-2-4-7-20/h2-9,18H,10-17,19,24H2,1H3. The highest BCUT2D eigenvalue weighted by Gasteiger charge is 2.17. The van der Waals surface area contributed by atoms with Crippen LogP contribution in [0.4, 0.5) is 0 Å². The summed E-state index contributed by atoms with van der Waals surface area (Å²) in [5.74, 6) is 0.0709. The van der Waals surface area contributed by atoms with Crippen molar-refractivity contribution in [3.8, 4) is 0 Å². The molecule has 0 aromatic heterocycles. The summed E-state index contributed by atoms with van der Waals surface area (Å²) >= 11 is 0. The van der Waals surface area contributed by atoms with Crippen LogP contribution in [0.3, 0.4) is 0 Å². The number of nitrogens with two attached hydrogens (primary N) is 1. The third-order valence-electron chi connectivity index (χ3n) is 5.38. The van der Waals surface area contributed by atoms with Gasteiger partial charge in [0.1, 0.15) is 0 Å². The molecule has 0 unspecified atom stereocenters. The second-order valence-electron chi connectivity index (χ2n) is 7.60. The van der Waals surface area contributed by atoms with Gasteiger partial charge in [-0.1, -0.05) is 42.5 Å². The van der Waals surface area contributed by atoms with Gasteiger partial charge in [0.15, 0.2) is 0 Å². The van der Waals surface area contributed by atoms with Crippen LogP contribution in [0, 0.1) is 0 Å². The molecular formula is C23H32N4O. The summed E-state index contributed by atoms with van der Waals surface area (Å²) in [5, 5.41) is 0. The highest BCUT2D eigenvalue weighted by atomic mass is 16.2. The Kier molecular flexibility index (Phi) is 7.60. The van der Waals surface area contributed by atoms with Crippen molar-refractivity contribution in [3.05, 3.63) is 71.3 Å². The zero-order chi connectivity index (χ0) is 19.8. The molecule has 1 saturated heterocycles. The van der Waals surface area contributed by atoms with Crippen molar-refractivity contribution < 1.29 is 4.79 Å². The molecule has 1 fully saturated rings. The van der Waals surface area contributed by atoms with Gasteiger partial charge < -0.3 is 15.5 Å². The number of carbonyl (C=O) groups is 1. The Hall–Kier alpha value is -2.21. The zero-order valence-corrected chi connectivity index (χ0v) is 16.9. The molecule has 150 valence electrons. The molecule has 0 aliphatic carbocycles. The lowest BCUT2D eigenvalue weighted by Gasteiger charge is -2.32. The lowest BCUT2D eigenvalue weighted by Crippen LogP contribution is -2.43. The number of rotatable bonds is 8. The Morgan fingerprint density at radius 1 is 0.964 bits per heavy atom. The number of hydrogen-bond donors (Lipinski definition) is 1. The predicted molar refractivity (Wildman–Crippen MR) is 114 cm³/mol. The van der Waals surface area contributed by atoms with E-state index in [1.165, 1.54) is 11.1 Å². The molecule has 0 bridgehead atoms. The summed E-state index contributed by atoms with van der Waals surface area (Å²) in [6.45, 7) is 6.98. The number of hydrogen-bond acceptors (Lipinski definition) is 4. The fraction of sp³-hybridized carbons (Fsp3) is 0.435. The normalized spacial score (nSPS) is 15.5. The van der Waals surface area contributed by atoms with E-state index in [4.69, 9.17) is 5.73 Å². The van der Waals surface area contributed by atoms with Gasteiger partial charge in [-0.25, -0.2) is 0 Å². The molecule has 0 spiro atoms. The monoisotopic (exact) mass is 380 g/mol. The minimum Gasteiger partial charge on any atom is -0.337 e. The Balaban J connectivity index is 1.63. The molecule has 1 aliphatic heterocycles. The molecule has 5 nitrogen and oxygen atoms in total. The number of amides is 1. The van der Waals surface area contributed by atoms with Crippen LogP contribution in [0.2, 0.25) is 0 Å². The molecule has 2 aromatic rings. The molecule has 5 heteroatoms. The van der Waals surface area contributed by atoms with Gasteiger partial charge in [0.25, 0.3) is 5.91 Å². The van der Waals surface area contributed by atoms with E-state index in [9.17, 15) is 4.79 Å². The predicted octanol–water partition coefficient (Wildman–Crippen LogP) is 2.08. The number of benzene rings is 2. The van der Waals surface area contributed by atoms with Crippen LogP contribution < -0.4 is 5.73 Å². The van der Waals surface area contributed by atoms with Crippen LogP contribution >= 0.6 is 0 Å². The van der Waals surface area contributed by atoms with E-state index >= 15 is 0 Å². The van der Waals surface area contributed by atoms with Crippen molar-refractivity contribution in [2.45, 2.75) is 13.0 Å². The van der Waals surface area contributed by atoms with Crippen molar-refractivity contribution in [2.75, 3.05) is 52.9 Å². The highest BCUT2D eigenvalue weighted by Crippen LogP contribution is 2.13. The van der Waals surface area contributed by atoms with E-state index in [0.717, 1.165) is 44.7 Å². The van der Waals surface area contributed by atoms with E-state index in [0.29, 0.717) is 19.6 Å². The van der Waals surface area contributed by atoms with Gasteiger partial charge in [0.2, 0.25) is 0 Å². The molecule has 1 heterocycles. The van der Waals surface area contributed by atoms with Crippen LogP contribution in [0.15, 0.2) is 54.6 Å². The highest BCUT2D eigenvalue weighted by molar-refractivity contribution is 5.94. The van der Waals surface area contributed by atoms with Gasteiger partial charge in [-0.2, -0.15) is 0 Å². The summed E-state index contributed by atoms with van der Waals surface area (Å²) in [4.78, 5) is 19.8. The molecule has 28 heavy (non-hydrogen) atoms. The van der Waals surface area contributed by atoms with Gasteiger partial charge in [-0.3, -0.25) is 9.69 Å². The van der Waals surface area contributed by atoms with Crippen LogP contribution in [0.25, 0.3) is 0 Å². The van der Waals surface area contributed by atoms with Crippen LogP contribution in [0.1, 0.15) is 21.5 Å². The smallest absolute Gasteiger partial charge is 0.253 e. The first kappa shape index (κ1) is 20.5. The van der Waals surface area contributed by atoms with Gasteiger partial charge in [0, 0.05) is 57.9 Å². The SMILES string of the molecule is CN1CCN(Cc2cccc(C(=O)N(CCN)CCc3ccccc3)c2)CC1. The number of carbonyl (C=O) groups excluding carboxylic acids is 1. The molecule has 1 amide bonds. The van der Waals surface area contributed by atoms with E-state index in [1.807, 2.05) is 41.3 Å². The lowest BCUT2D eigenvalue weighted by atomic mass is 10.1. The maximum absolute atomic E-state index is 13.1. The van der Waals surface area contributed by atoms with E-state index in [2.05, 4.69) is 35.0 Å². The fourth-order valence-corrected chi connectivity index (χ4v) is 3.63. The first-order valence-corrected chi connectivity index (χ1v) is 10.2. The average Bonchev–Trinajstić information content (AvgIpc) is 2.73. The summed E-state index contributed by atoms with van der Waals surface area (Å²) in [5.41, 5.74) is 8.97. The molecule has 0 saturated carbocycles. The molecule has 0 atom stereocenters. The van der Waals surface area contributed by atoms with Crippen molar-refractivity contribution in [1.29, 1.82) is 0 Å². The van der Waals surface area contributed by atoms with E-state index < -0.39 is 0 Å². The number of piperazine rings is 1. The largest absolute Gasteiger partial charge is 0.337 e. The molecular weight excluding hydrogens is 348 g/mol. The first-order chi connectivity index (χ1) is 13.7. The van der Waals surface area contributed by atoms with Crippen molar-refractivity contribution >= 4 is 5.91 Å². The first-order valence-electron chi connectivity index (χ1n) is 10.2. The zero-order valence-electron chi connectivity index (χ0n) is 16.9. The van der Waals surface area contributed by atoms with Crippen LogP contribution in [-0.4, -0.2) is 73.5 Å². The summed E-state index contributed by atoms with van der Waals surface area (Å²) < 4.78 is 0. The lowest BCUT2D eigenvalue weighted by molar-refractivity contribution is 0.0762. The second kappa shape index (κ2) is 10.4. The third kappa shape index (κ3) is 5.89. The maximum Gasteiger partial charge on any atom is 0.253 e. The molecule has 3 rings (SSSR count). The Morgan fingerprint density at radius 2 is 1.68 bits per heavy atom. The van der Waals surface area contributed by atoms with Gasteiger partial charge in [0.05, 0.1) is 0 Å². The third-order valence-corrected chi connectivity index (χ3v) is 5.38. The Bertz CT molecular complexity index is 741. The van der Waals surface area contributed by atoms with Gasteiger partial charge >= 0.3 is 0 Å². The second-order valence-corrected chi connectivity index (χ2v) is 7.60. The van der Waals surface area contributed by atoms with E-state index in [-0.39, 0.29) is 5.91 Å². The molecule has 1 aliphatic rings. The molecule has 0 radical (unpaired) electrons. The average molecular weight is 381 g/mol. The molecule has 2 aromatic carbocycles. The van der Waals surface area contributed by atoms with Gasteiger partial charge in [-0.15, -0.1) is 0 Å². The summed E-state index contributed by atoms with van der Waals surface area (Å²) in [6.07, 6.45) is 0.841. The summed E-state index contributed by atoms with van der Waals surface area (Å²) in [7, 11) is 2.16. The van der Waals surface area contributed by atoms with Crippen LogP contribution in [-0.2, 0) is 13.0 Å². The van der Waals surface area contributed by atoms with Crippen molar-refractivity contribution in [2.24, 2.45) is 5.73 Å². The minimum absolute atomic E-state index is 0.0709. The molecule has 2 N–H and O–H groups in total. The minimum atomic E-state index is 0.0709. The number of nitrogens with zero attached hydrogens (tertiary/aromatic N) is 3. The Labute approximate surface area is 168 Å². The van der Waals surface area contributed by atoms with Crippen LogP contribution in [0.5, 0.6) is 0 Å². The fourth-order valence-electron chi connectivity index (χ4n) is 3.63. The Morgan fingerprint density at radius 3 is 2.39 bits per heavy atom. The quantitative estimate of drug-likeness (QED) is 0.762. The number of likely N-dealkylation sites (N-methyl/N-ethyl adjacent to an activating group) is 1. The topological polar surface area (TPSA) is 52.8 Å². The van der Waals surface area contributed by atoms with Gasteiger partial charge in [-0.05, 0) is 36.7 Å². The van der Waals surface area contributed by atoms with Crippen molar-refractivity contribution in [3.63, 3.8) is 0 Å². The van der Waals surface area contributed by atoms with Crippen molar-refractivity contribution in [1.82, 2.24) is 14.7 Å².